The average Bonchev–Trinajstić information content (AvgIpc) is 2.72. The standard InChI is InChI=1S/C11H17BrN2S/c1-8-5-10(15-11(8)12)6-13-9-3-4-14(2)7-9/h5,9,13H,3-4,6-7H2,1-2H3. The van der Waals surface area contributed by atoms with Crippen molar-refractivity contribution in [1.82, 2.24) is 10.2 Å². The summed E-state index contributed by atoms with van der Waals surface area (Å²) in [5.41, 5.74) is 1.35. The Hall–Kier alpha value is 0.100. The molecule has 1 aromatic rings. The van der Waals surface area contributed by atoms with Gasteiger partial charge in [0.25, 0.3) is 0 Å². The van der Waals surface area contributed by atoms with Crippen molar-refractivity contribution in [3.05, 3.63) is 20.3 Å². The smallest absolute Gasteiger partial charge is 0.0730 e. The predicted molar refractivity (Wildman–Crippen MR) is 69.5 cm³/mol. The van der Waals surface area contributed by atoms with E-state index < -0.39 is 0 Å². The van der Waals surface area contributed by atoms with Crippen LogP contribution >= 0.6 is 27.3 Å². The topological polar surface area (TPSA) is 15.3 Å². The third-order valence-electron chi connectivity index (χ3n) is 2.86. The Bertz CT molecular complexity index is 318. The van der Waals surface area contributed by atoms with Crippen molar-refractivity contribution in [1.29, 1.82) is 0 Å². The van der Waals surface area contributed by atoms with Crippen LogP contribution in [0.25, 0.3) is 0 Å². The molecule has 1 aromatic heterocycles. The number of hydrogen-bond acceptors (Lipinski definition) is 3. The highest BCUT2D eigenvalue weighted by atomic mass is 79.9. The molecule has 0 aliphatic carbocycles. The molecule has 1 unspecified atom stereocenters. The van der Waals surface area contributed by atoms with Crippen LogP contribution in [0.15, 0.2) is 9.85 Å². The molecular formula is C11H17BrN2S. The lowest BCUT2D eigenvalue weighted by Gasteiger charge is -2.11. The molecule has 1 aliphatic heterocycles. The van der Waals surface area contributed by atoms with Crippen LogP contribution in [-0.2, 0) is 6.54 Å². The molecule has 0 radical (unpaired) electrons. The maximum atomic E-state index is 3.62. The number of likely N-dealkylation sites (tertiary alicyclic amines) is 1. The van der Waals surface area contributed by atoms with Crippen molar-refractivity contribution in [2.75, 3.05) is 20.1 Å². The molecule has 1 aliphatic rings. The maximum absolute atomic E-state index is 3.62. The van der Waals surface area contributed by atoms with E-state index in [-0.39, 0.29) is 0 Å². The van der Waals surface area contributed by atoms with Gasteiger partial charge in [-0.2, -0.15) is 0 Å². The largest absolute Gasteiger partial charge is 0.308 e. The van der Waals surface area contributed by atoms with Gasteiger partial charge in [0.1, 0.15) is 0 Å². The fourth-order valence-corrected chi connectivity index (χ4v) is 3.54. The quantitative estimate of drug-likeness (QED) is 0.920. The minimum absolute atomic E-state index is 0.677. The van der Waals surface area contributed by atoms with E-state index in [1.165, 1.54) is 33.7 Å². The Labute approximate surface area is 104 Å². The molecule has 1 fully saturated rings. The van der Waals surface area contributed by atoms with Crippen LogP contribution in [0, 0.1) is 6.92 Å². The lowest BCUT2D eigenvalue weighted by molar-refractivity contribution is 0.398. The number of nitrogens with zero attached hydrogens (tertiary/aromatic N) is 1. The summed E-state index contributed by atoms with van der Waals surface area (Å²) in [6, 6.07) is 2.94. The second-order valence-corrected chi connectivity index (χ2v) is 6.75. The number of halogens is 1. The van der Waals surface area contributed by atoms with E-state index in [0.717, 1.165) is 6.54 Å². The minimum Gasteiger partial charge on any atom is -0.308 e. The summed E-state index contributed by atoms with van der Waals surface area (Å²) in [5, 5.41) is 3.62. The lowest BCUT2D eigenvalue weighted by atomic mass is 10.2. The van der Waals surface area contributed by atoms with Crippen molar-refractivity contribution in [2.24, 2.45) is 0 Å². The van der Waals surface area contributed by atoms with Crippen LogP contribution < -0.4 is 5.32 Å². The first-order chi connectivity index (χ1) is 7.15. The molecule has 0 aromatic carbocycles. The molecule has 84 valence electrons. The summed E-state index contributed by atoms with van der Waals surface area (Å²) in [4.78, 5) is 3.81. The van der Waals surface area contributed by atoms with Gasteiger partial charge in [-0.05, 0) is 54.5 Å². The number of aryl methyl sites for hydroxylation is 1. The maximum Gasteiger partial charge on any atom is 0.0730 e. The second-order valence-electron chi connectivity index (χ2n) is 4.30. The zero-order valence-electron chi connectivity index (χ0n) is 9.22. The van der Waals surface area contributed by atoms with Crippen LogP contribution in [0.1, 0.15) is 16.9 Å². The monoisotopic (exact) mass is 288 g/mol. The highest BCUT2D eigenvalue weighted by Gasteiger charge is 2.18. The Kier molecular flexibility index (Phi) is 3.83. The number of rotatable bonds is 3. The van der Waals surface area contributed by atoms with E-state index in [9.17, 15) is 0 Å². The normalized spacial score (nSPS) is 22.5. The molecule has 1 N–H and O–H groups in total. The molecule has 2 rings (SSSR count). The van der Waals surface area contributed by atoms with Gasteiger partial charge in [0.15, 0.2) is 0 Å². The van der Waals surface area contributed by atoms with Gasteiger partial charge in [-0.15, -0.1) is 11.3 Å². The first-order valence-electron chi connectivity index (χ1n) is 5.32. The van der Waals surface area contributed by atoms with Crippen molar-refractivity contribution in [2.45, 2.75) is 25.9 Å². The number of hydrogen-bond donors (Lipinski definition) is 1. The Balaban J connectivity index is 1.83. The number of thiophene rings is 1. The van der Waals surface area contributed by atoms with Gasteiger partial charge >= 0.3 is 0 Å². The Morgan fingerprint density at radius 3 is 3.00 bits per heavy atom. The van der Waals surface area contributed by atoms with Crippen molar-refractivity contribution < 1.29 is 0 Å². The second kappa shape index (κ2) is 4.95. The summed E-state index contributed by atoms with van der Waals surface area (Å²) in [5.74, 6) is 0. The van der Waals surface area contributed by atoms with Crippen LogP contribution in [0.3, 0.4) is 0 Å². The molecule has 1 atom stereocenters. The number of likely N-dealkylation sites (N-methyl/N-ethyl adjacent to an activating group) is 1. The average molecular weight is 289 g/mol. The van der Waals surface area contributed by atoms with Crippen molar-refractivity contribution >= 4 is 27.3 Å². The van der Waals surface area contributed by atoms with Gasteiger partial charge in [0.2, 0.25) is 0 Å². The summed E-state index contributed by atoms with van der Waals surface area (Å²) in [6.07, 6.45) is 1.28. The molecule has 0 bridgehead atoms. The molecule has 2 heterocycles. The van der Waals surface area contributed by atoms with Crippen LogP contribution in [0.2, 0.25) is 0 Å². The molecule has 4 heteroatoms. The summed E-state index contributed by atoms with van der Waals surface area (Å²) < 4.78 is 1.27. The summed E-state index contributed by atoms with van der Waals surface area (Å²) in [6.45, 7) is 5.57. The van der Waals surface area contributed by atoms with Gasteiger partial charge in [-0.1, -0.05) is 0 Å². The first-order valence-corrected chi connectivity index (χ1v) is 6.93. The zero-order chi connectivity index (χ0) is 10.8. The Morgan fingerprint density at radius 2 is 2.47 bits per heavy atom. The molecule has 15 heavy (non-hydrogen) atoms. The molecular weight excluding hydrogens is 272 g/mol. The van der Waals surface area contributed by atoms with E-state index in [0.29, 0.717) is 6.04 Å². The molecule has 0 spiro atoms. The third kappa shape index (κ3) is 3.03. The minimum atomic E-state index is 0.677. The highest BCUT2D eigenvalue weighted by Crippen LogP contribution is 2.27. The van der Waals surface area contributed by atoms with Crippen LogP contribution in [0.4, 0.5) is 0 Å². The SMILES string of the molecule is Cc1cc(CNC2CCN(C)C2)sc1Br. The van der Waals surface area contributed by atoms with Gasteiger partial charge in [0, 0.05) is 24.0 Å². The van der Waals surface area contributed by atoms with E-state index in [1.807, 2.05) is 11.3 Å². The summed E-state index contributed by atoms with van der Waals surface area (Å²) >= 11 is 5.40. The predicted octanol–water partition coefficient (Wildman–Crippen LogP) is 2.61. The Morgan fingerprint density at radius 1 is 1.67 bits per heavy atom. The first kappa shape index (κ1) is 11.6. The van der Waals surface area contributed by atoms with Crippen molar-refractivity contribution in [3.8, 4) is 0 Å². The molecule has 0 amide bonds. The summed E-state index contributed by atoms with van der Waals surface area (Å²) in [7, 11) is 2.19. The molecule has 0 saturated carbocycles. The van der Waals surface area contributed by atoms with E-state index in [2.05, 4.69) is 46.2 Å². The van der Waals surface area contributed by atoms with E-state index in [4.69, 9.17) is 0 Å². The van der Waals surface area contributed by atoms with Crippen LogP contribution in [0.5, 0.6) is 0 Å². The van der Waals surface area contributed by atoms with E-state index in [1.54, 1.807) is 0 Å². The van der Waals surface area contributed by atoms with Gasteiger partial charge in [0.05, 0.1) is 3.79 Å². The fourth-order valence-electron chi connectivity index (χ4n) is 1.96. The molecule has 2 nitrogen and oxygen atoms in total. The highest BCUT2D eigenvalue weighted by molar-refractivity contribution is 9.11. The molecule has 1 saturated heterocycles. The van der Waals surface area contributed by atoms with E-state index >= 15 is 0 Å². The van der Waals surface area contributed by atoms with Crippen LogP contribution in [-0.4, -0.2) is 31.1 Å². The van der Waals surface area contributed by atoms with Gasteiger partial charge < -0.3 is 10.2 Å². The number of nitrogens with one attached hydrogen (secondary N) is 1. The van der Waals surface area contributed by atoms with Gasteiger partial charge in [-0.3, -0.25) is 0 Å². The third-order valence-corrected chi connectivity index (χ3v) is 5.00. The zero-order valence-corrected chi connectivity index (χ0v) is 11.6. The van der Waals surface area contributed by atoms with Crippen molar-refractivity contribution in [3.63, 3.8) is 0 Å². The lowest BCUT2D eigenvalue weighted by Crippen LogP contribution is -2.30. The fraction of sp³-hybridized carbons (Fsp3) is 0.636. The van der Waals surface area contributed by atoms with Gasteiger partial charge in [-0.25, -0.2) is 0 Å².